The number of hydrogen-bond donors (Lipinski definition) is 0. The highest BCUT2D eigenvalue weighted by Gasteiger charge is 2.13. The zero-order chi connectivity index (χ0) is 16.5. The molecule has 0 aromatic heterocycles. The molecule has 0 saturated heterocycles. The number of ether oxygens (including phenoxy) is 1. The fraction of sp³-hybridized carbons (Fsp3) is 0.947. The second-order valence-electron chi connectivity index (χ2n) is 6.22. The maximum absolute atomic E-state index is 11.8. The molecule has 0 N–H and O–H groups in total. The van der Waals surface area contributed by atoms with Crippen LogP contribution in [0, 0.1) is 0 Å². The van der Waals surface area contributed by atoms with Crippen LogP contribution < -0.4 is 0 Å². The van der Waals surface area contributed by atoms with Crippen LogP contribution in [-0.2, 0) is 9.53 Å². The average molecular weight is 331 g/mol. The lowest BCUT2D eigenvalue weighted by molar-refractivity contribution is -0.142. The van der Waals surface area contributed by atoms with Crippen LogP contribution in [0.1, 0.15) is 97.8 Å². The number of hydrogen-bond acceptors (Lipinski definition) is 3. The molecule has 0 fully saturated rings. The van der Waals surface area contributed by atoms with Crippen LogP contribution in [0.25, 0.3) is 0 Å². The quantitative estimate of drug-likeness (QED) is 0.243. The van der Waals surface area contributed by atoms with Crippen molar-refractivity contribution in [2.75, 3.05) is 12.4 Å². The highest BCUT2D eigenvalue weighted by atomic mass is 32.2. The minimum Gasteiger partial charge on any atom is -0.465 e. The van der Waals surface area contributed by atoms with Gasteiger partial charge in [0.15, 0.2) is 0 Å². The first kappa shape index (κ1) is 21.8. The third kappa shape index (κ3) is 14.7. The van der Waals surface area contributed by atoms with E-state index in [4.69, 9.17) is 4.74 Å². The third-order valence-corrected chi connectivity index (χ3v) is 5.16. The van der Waals surface area contributed by atoms with Crippen LogP contribution >= 0.6 is 11.8 Å². The number of esters is 1. The van der Waals surface area contributed by atoms with E-state index >= 15 is 0 Å². The summed E-state index contributed by atoms with van der Waals surface area (Å²) in [6.45, 7) is 7.00. The highest BCUT2D eigenvalue weighted by molar-refractivity contribution is 8.00. The van der Waals surface area contributed by atoms with Crippen LogP contribution in [0.3, 0.4) is 0 Å². The molecular formula is C19H38O2S. The van der Waals surface area contributed by atoms with Crippen molar-refractivity contribution in [1.29, 1.82) is 0 Å². The fourth-order valence-corrected chi connectivity index (χ4v) is 3.37. The lowest BCUT2D eigenvalue weighted by Gasteiger charge is -2.10. The van der Waals surface area contributed by atoms with Gasteiger partial charge in [0.25, 0.3) is 0 Å². The molecule has 2 nitrogen and oxygen atoms in total. The second-order valence-corrected chi connectivity index (χ2v) is 7.66. The molecule has 0 bridgehead atoms. The Hall–Kier alpha value is -0.180. The lowest BCUT2D eigenvalue weighted by Crippen LogP contribution is -2.18. The largest absolute Gasteiger partial charge is 0.465 e. The lowest BCUT2D eigenvalue weighted by atomic mass is 10.1. The predicted octanol–water partition coefficient (Wildman–Crippen LogP) is 6.37. The molecule has 0 aliphatic rings. The maximum Gasteiger partial charge on any atom is 0.318 e. The van der Waals surface area contributed by atoms with Gasteiger partial charge in [0.1, 0.15) is 0 Å². The molecule has 0 amide bonds. The molecule has 0 aromatic rings. The number of thioether (sulfide) groups is 1. The van der Waals surface area contributed by atoms with Gasteiger partial charge in [-0.25, -0.2) is 0 Å². The predicted molar refractivity (Wildman–Crippen MR) is 99.6 cm³/mol. The first-order valence-electron chi connectivity index (χ1n) is 9.50. The third-order valence-electron chi connectivity index (χ3n) is 3.94. The molecule has 0 heterocycles. The molecule has 0 saturated carbocycles. The molecule has 22 heavy (non-hydrogen) atoms. The van der Waals surface area contributed by atoms with Gasteiger partial charge in [-0.05, 0) is 25.5 Å². The summed E-state index contributed by atoms with van der Waals surface area (Å²) in [6, 6.07) is 0. The number of rotatable bonds is 16. The molecule has 0 spiro atoms. The molecule has 1 unspecified atom stereocenters. The van der Waals surface area contributed by atoms with E-state index in [0.717, 1.165) is 12.2 Å². The van der Waals surface area contributed by atoms with Gasteiger partial charge < -0.3 is 4.74 Å². The van der Waals surface area contributed by atoms with Gasteiger partial charge in [-0.15, -0.1) is 11.8 Å². The summed E-state index contributed by atoms with van der Waals surface area (Å²) in [5.74, 6) is 1.03. The van der Waals surface area contributed by atoms with Gasteiger partial charge in [-0.1, -0.05) is 78.1 Å². The topological polar surface area (TPSA) is 26.3 Å². The summed E-state index contributed by atoms with van der Waals surface area (Å²) in [5, 5.41) is -0.00493. The maximum atomic E-state index is 11.8. The first-order chi connectivity index (χ1) is 10.7. The van der Waals surface area contributed by atoms with Crippen LogP contribution in [0.2, 0.25) is 0 Å². The first-order valence-corrected chi connectivity index (χ1v) is 10.6. The van der Waals surface area contributed by atoms with E-state index < -0.39 is 0 Å². The van der Waals surface area contributed by atoms with Gasteiger partial charge in [0.2, 0.25) is 0 Å². The van der Waals surface area contributed by atoms with Crippen molar-refractivity contribution in [3.8, 4) is 0 Å². The standard InChI is InChI=1S/C19H38O2S/c1-4-6-8-9-10-11-12-13-14-15-16-21-19(20)18(3)22-17-7-5-2/h18H,4-17H2,1-3H3. The van der Waals surface area contributed by atoms with E-state index in [1.165, 1.54) is 70.6 Å². The zero-order valence-electron chi connectivity index (χ0n) is 15.2. The van der Waals surface area contributed by atoms with Gasteiger partial charge >= 0.3 is 5.97 Å². The van der Waals surface area contributed by atoms with Gasteiger partial charge in [0.05, 0.1) is 11.9 Å². The Morgan fingerprint density at radius 1 is 0.818 bits per heavy atom. The smallest absolute Gasteiger partial charge is 0.318 e. The molecular weight excluding hydrogens is 292 g/mol. The van der Waals surface area contributed by atoms with Crippen molar-refractivity contribution in [3.63, 3.8) is 0 Å². The van der Waals surface area contributed by atoms with Crippen LogP contribution in [0.4, 0.5) is 0 Å². The molecule has 0 rings (SSSR count). The van der Waals surface area contributed by atoms with E-state index in [0.29, 0.717) is 6.61 Å². The Morgan fingerprint density at radius 3 is 1.86 bits per heavy atom. The molecule has 0 radical (unpaired) electrons. The van der Waals surface area contributed by atoms with Gasteiger partial charge in [0, 0.05) is 0 Å². The van der Waals surface area contributed by atoms with Crippen LogP contribution in [0.5, 0.6) is 0 Å². The second kappa shape index (κ2) is 17.2. The number of carbonyl (C=O) groups excluding carboxylic acids is 1. The van der Waals surface area contributed by atoms with E-state index in [2.05, 4.69) is 13.8 Å². The monoisotopic (exact) mass is 330 g/mol. The normalized spacial score (nSPS) is 12.3. The van der Waals surface area contributed by atoms with Crippen molar-refractivity contribution in [2.24, 2.45) is 0 Å². The van der Waals surface area contributed by atoms with Crippen molar-refractivity contribution < 1.29 is 9.53 Å². The summed E-state index contributed by atoms with van der Waals surface area (Å²) in [6.07, 6.45) is 15.5. The molecule has 132 valence electrons. The van der Waals surface area contributed by atoms with Crippen molar-refractivity contribution in [3.05, 3.63) is 0 Å². The van der Waals surface area contributed by atoms with Crippen LogP contribution in [-0.4, -0.2) is 23.6 Å². The summed E-state index contributed by atoms with van der Waals surface area (Å²) in [5.41, 5.74) is 0. The summed E-state index contributed by atoms with van der Waals surface area (Å²) in [4.78, 5) is 11.8. The average Bonchev–Trinajstić information content (AvgIpc) is 2.52. The summed E-state index contributed by atoms with van der Waals surface area (Å²) in [7, 11) is 0. The minimum atomic E-state index is -0.0305. The Balaban J connectivity index is 3.26. The van der Waals surface area contributed by atoms with Crippen molar-refractivity contribution in [1.82, 2.24) is 0 Å². The zero-order valence-corrected chi connectivity index (χ0v) is 16.0. The Labute approximate surface area is 143 Å². The Kier molecular flexibility index (Phi) is 17.0. The molecule has 3 heteroatoms. The molecule has 0 aliphatic carbocycles. The minimum absolute atomic E-state index is 0.00493. The number of unbranched alkanes of at least 4 members (excludes halogenated alkanes) is 10. The van der Waals surface area contributed by atoms with E-state index in [1.807, 2.05) is 6.92 Å². The fourth-order valence-electron chi connectivity index (χ4n) is 2.35. The van der Waals surface area contributed by atoms with Gasteiger partial charge in [-0.3, -0.25) is 4.79 Å². The summed E-state index contributed by atoms with van der Waals surface area (Å²) < 4.78 is 5.35. The van der Waals surface area contributed by atoms with Gasteiger partial charge in [-0.2, -0.15) is 0 Å². The number of carbonyl (C=O) groups is 1. The molecule has 0 aromatic carbocycles. The van der Waals surface area contributed by atoms with Crippen LogP contribution in [0.15, 0.2) is 0 Å². The van der Waals surface area contributed by atoms with E-state index in [-0.39, 0.29) is 11.2 Å². The summed E-state index contributed by atoms with van der Waals surface area (Å²) >= 11 is 1.72. The Bertz CT molecular complexity index is 244. The highest BCUT2D eigenvalue weighted by Crippen LogP contribution is 2.15. The molecule has 0 aliphatic heterocycles. The SMILES string of the molecule is CCCCCCCCCCCCOC(=O)C(C)SCCCC. The van der Waals surface area contributed by atoms with E-state index in [9.17, 15) is 4.79 Å². The molecule has 1 atom stereocenters. The van der Waals surface area contributed by atoms with Crippen molar-refractivity contribution in [2.45, 2.75) is 103 Å². The van der Waals surface area contributed by atoms with E-state index in [1.54, 1.807) is 11.8 Å². The Morgan fingerprint density at radius 2 is 1.32 bits per heavy atom. The van der Waals surface area contributed by atoms with Crippen molar-refractivity contribution >= 4 is 17.7 Å².